The number of ether oxygens (including phenoxy) is 1. The number of alkyl halides is 3. The van der Waals surface area contributed by atoms with Crippen LogP contribution in [0.2, 0.25) is 0 Å². The molecule has 2 aromatic rings. The van der Waals surface area contributed by atoms with Crippen LogP contribution < -0.4 is 9.04 Å². The fraction of sp³-hybridized carbons (Fsp3) is 0.333. The van der Waals surface area contributed by atoms with Crippen molar-refractivity contribution in [3.05, 3.63) is 41.2 Å². The van der Waals surface area contributed by atoms with Crippen LogP contribution in [0.3, 0.4) is 0 Å². The maximum Gasteiger partial charge on any atom is 0.573 e. The topological polar surface area (TPSA) is 81.5 Å². The second-order valence-corrected chi connectivity index (χ2v) is 7.38. The van der Waals surface area contributed by atoms with Gasteiger partial charge >= 0.3 is 6.36 Å². The minimum absolute atomic E-state index is 0.0575. The van der Waals surface area contributed by atoms with Gasteiger partial charge in [-0.3, -0.25) is 9.48 Å². The van der Waals surface area contributed by atoms with E-state index in [1.165, 1.54) is 17.7 Å². The lowest BCUT2D eigenvalue weighted by atomic mass is 10.2. The lowest BCUT2D eigenvalue weighted by Gasteiger charge is -2.21. The van der Waals surface area contributed by atoms with Gasteiger partial charge in [-0.15, -0.1) is 13.2 Å². The van der Waals surface area contributed by atoms with E-state index in [1.807, 2.05) is 0 Å². The predicted molar refractivity (Wildman–Crippen MR) is 87.5 cm³/mol. The predicted octanol–water partition coefficient (Wildman–Crippen LogP) is 2.54. The first kappa shape index (κ1) is 19.8. The molecule has 11 heteroatoms. The van der Waals surface area contributed by atoms with Crippen LogP contribution in [0.25, 0.3) is 0 Å². The van der Waals surface area contributed by atoms with E-state index in [2.05, 4.69) is 9.84 Å². The molecule has 0 spiro atoms. The molecule has 0 saturated carbocycles. The van der Waals surface area contributed by atoms with Crippen molar-refractivity contribution in [2.75, 3.05) is 10.6 Å². The van der Waals surface area contributed by atoms with E-state index >= 15 is 0 Å². The van der Waals surface area contributed by atoms with Gasteiger partial charge in [-0.2, -0.15) is 9.40 Å². The van der Waals surface area contributed by atoms with Crippen LogP contribution in [0.1, 0.15) is 21.7 Å². The van der Waals surface area contributed by atoms with Crippen LogP contribution in [0.5, 0.6) is 5.75 Å². The van der Waals surface area contributed by atoms with Crippen molar-refractivity contribution in [2.45, 2.75) is 20.2 Å². The molecule has 0 bridgehead atoms. The number of hydrogen-bond acceptors (Lipinski definition) is 5. The Morgan fingerprint density at radius 1 is 1.27 bits per heavy atom. The Kier molecular flexibility index (Phi) is 5.04. The first-order valence-electron chi connectivity index (χ1n) is 7.22. The summed E-state index contributed by atoms with van der Waals surface area (Å²) in [6, 6.07) is 4.20. The first-order valence-corrected chi connectivity index (χ1v) is 9.06. The number of aromatic nitrogens is 2. The van der Waals surface area contributed by atoms with E-state index in [0.717, 1.165) is 24.5 Å². The summed E-state index contributed by atoms with van der Waals surface area (Å²) in [6.45, 7) is 3.10. The van der Waals surface area contributed by atoms with Crippen LogP contribution in [-0.4, -0.2) is 36.7 Å². The number of amides is 1. The van der Waals surface area contributed by atoms with E-state index in [1.54, 1.807) is 14.0 Å². The highest BCUT2D eigenvalue weighted by Gasteiger charge is 2.33. The highest BCUT2D eigenvalue weighted by Crippen LogP contribution is 2.29. The first-order chi connectivity index (χ1) is 11.8. The molecule has 0 N–H and O–H groups in total. The molecule has 0 unspecified atom stereocenters. The summed E-state index contributed by atoms with van der Waals surface area (Å²) < 4.78 is 67.3. The van der Waals surface area contributed by atoms with E-state index in [4.69, 9.17) is 0 Å². The highest BCUT2D eigenvalue weighted by atomic mass is 32.2. The average molecular weight is 391 g/mol. The smallest absolute Gasteiger partial charge is 0.406 e. The molecule has 0 atom stereocenters. The molecule has 1 heterocycles. The molecule has 0 radical (unpaired) electrons. The Morgan fingerprint density at radius 3 is 2.35 bits per heavy atom. The van der Waals surface area contributed by atoms with Crippen molar-refractivity contribution in [1.29, 1.82) is 0 Å². The molecule has 1 aromatic heterocycles. The van der Waals surface area contributed by atoms with Crippen molar-refractivity contribution in [1.82, 2.24) is 9.78 Å². The number of nitrogens with zero attached hydrogens (tertiary/aromatic N) is 3. The summed E-state index contributed by atoms with van der Waals surface area (Å²) in [4.78, 5) is 12.8. The molecule has 0 saturated heterocycles. The molecular weight excluding hydrogens is 375 g/mol. The number of rotatable bonds is 4. The molecule has 26 heavy (non-hydrogen) atoms. The van der Waals surface area contributed by atoms with Gasteiger partial charge in [-0.1, -0.05) is 6.07 Å². The Balaban J connectivity index is 2.55. The van der Waals surface area contributed by atoms with Crippen LogP contribution in [0.4, 0.5) is 18.9 Å². The molecule has 7 nitrogen and oxygen atoms in total. The van der Waals surface area contributed by atoms with Gasteiger partial charge in [0.1, 0.15) is 11.4 Å². The van der Waals surface area contributed by atoms with Crippen LogP contribution in [-0.2, 0) is 17.1 Å². The molecule has 1 amide bonds. The zero-order chi connectivity index (χ0) is 19.9. The maximum atomic E-state index is 12.8. The zero-order valence-corrected chi connectivity index (χ0v) is 15.1. The number of carbonyl (C=O) groups excluding carboxylic acids is 1. The number of anilines is 1. The number of benzene rings is 1. The normalized spacial score (nSPS) is 12.1. The number of aryl methyl sites for hydroxylation is 2. The third kappa shape index (κ3) is 4.15. The van der Waals surface area contributed by atoms with Gasteiger partial charge < -0.3 is 4.74 Å². The summed E-state index contributed by atoms with van der Waals surface area (Å²) >= 11 is 0. The van der Waals surface area contributed by atoms with Crippen molar-refractivity contribution in [2.24, 2.45) is 7.05 Å². The van der Waals surface area contributed by atoms with Crippen molar-refractivity contribution in [3.63, 3.8) is 0 Å². The van der Waals surface area contributed by atoms with Gasteiger partial charge in [0.25, 0.3) is 5.91 Å². The second-order valence-electron chi connectivity index (χ2n) is 5.55. The third-order valence-corrected chi connectivity index (χ3v) is 4.52. The van der Waals surface area contributed by atoms with Crippen LogP contribution in [0, 0.1) is 13.8 Å². The molecule has 0 aliphatic heterocycles. The lowest BCUT2D eigenvalue weighted by molar-refractivity contribution is -0.274. The Morgan fingerprint density at radius 2 is 1.88 bits per heavy atom. The van der Waals surface area contributed by atoms with Crippen molar-refractivity contribution >= 4 is 21.6 Å². The molecular formula is C15H16F3N3O4S. The lowest BCUT2D eigenvalue weighted by Crippen LogP contribution is -2.37. The third-order valence-electron chi connectivity index (χ3n) is 3.50. The fourth-order valence-corrected chi connectivity index (χ4v) is 3.42. The van der Waals surface area contributed by atoms with E-state index in [-0.39, 0.29) is 16.9 Å². The summed E-state index contributed by atoms with van der Waals surface area (Å²) in [7, 11) is -2.50. The standard InChI is InChI=1S/C15H16F3N3O4S/c1-9-13(10(2)20(3)19-9)21(26(4,23)24)14(22)11-6-5-7-12(8-11)25-15(16,17)18/h5-8H,1-4H3. The van der Waals surface area contributed by atoms with E-state index in [0.29, 0.717) is 10.00 Å². The van der Waals surface area contributed by atoms with Gasteiger partial charge in [0, 0.05) is 12.6 Å². The summed E-state index contributed by atoms with van der Waals surface area (Å²) in [5, 5.41) is 4.07. The molecule has 0 aliphatic carbocycles. The Hall–Kier alpha value is -2.56. The molecule has 142 valence electrons. The zero-order valence-electron chi connectivity index (χ0n) is 14.3. The highest BCUT2D eigenvalue weighted by molar-refractivity contribution is 7.92. The summed E-state index contributed by atoms with van der Waals surface area (Å²) in [5.41, 5.74) is 0.470. The number of hydrogen-bond donors (Lipinski definition) is 0. The quantitative estimate of drug-likeness (QED) is 0.800. The number of sulfonamides is 1. The summed E-state index contributed by atoms with van der Waals surface area (Å²) in [6.07, 6.45) is -4.11. The maximum absolute atomic E-state index is 12.8. The molecule has 2 rings (SSSR count). The van der Waals surface area contributed by atoms with Crippen molar-refractivity contribution in [3.8, 4) is 5.75 Å². The van der Waals surface area contributed by atoms with Crippen LogP contribution in [0.15, 0.2) is 24.3 Å². The van der Waals surface area contributed by atoms with Gasteiger partial charge in [-0.25, -0.2) is 8.42 Å². The SMILES string of the molecule is Cc1nn(C)c(C)c1N(C(=O)c1cccc(OC(F)(F)F)c1)S(C)(=O)=O. The second kappa shape index (κ2) is 6.63. The van der Waals surface area contributed by atoms with Crippen LogP contribution >= 0.6 is 0 Å². The molecule has 1 aromatic carbocycles. The van der Waals surface area contributed by atoms with Crippen molar-refractivity contribution < 1.29 is 31.1 Å². The monoisotopic (exact) mass is 391 g/mol. The van der Waals surface area contributed by atoms with Gasteiger partial charge in [0.15, 0.2) is 0 Å². The number of halogens is 3. The summed E-state index contributed by atoms with van der Waals surface area (Å²) in [5.74, 6) is -1.64. The average Bonchev–Trinajstić information content (AvgIpc) is 2.71. The minimum atomic E-state index is -4.94. The van der Waals surface area contributed by atoms with E-state index < -0.39 is 28.0 Å². The minimum Gasteiger partial charge on any atom is -0.406 e. The van der Waals surface area contributed by atoms with E-state index in [9.17, 15) is 26.4 Å². The molecule has 0 aliphatic rings. The number of carbonyl (C=O) groups is 1. The largest absolute Gasteiger partial charge is 0.573 e. The van der Waals surface area contributed by atoms with Gasteiger partial charge in [-0.05, 0) is 32.0 Å². The fourth-order valence-electron chi connectivity index (χ4n) is 2.42. The Bertz CT molecular complexity index is 952. The Labute approximate surface area is 148 Å². The van der Waals surface area contributed by atoms with Gasteiger partial charge in [0.2, 0.25) is 10.0 Å². The molecule has 0 fully saturated rings. The van der Waals surface area contributed by atoms with Gasteiger partial charge in [0.05, 0.1) is 17.6 Å².